The minimum Gasteiger partial charge on any atom is -0.481 e. The van der Waals surface area contributed by atoms with Gasteiger partial charge in [-0.3, -0.25) is 28.8 Å². The van der Waals surface area contributed by atoms with Gasteiger partial charge in [0, 0.05) is 72.4 Å². The van der Waals surface area contributed by atoms with Gasteiger partial charge < -0.3 is 50.6 Å². The second kappa shape index (κ2) is 50.9. The Kier molecular flexibility index (Phi) is 51.5. The van der Waals surface area contributed by atoms with E-state index in [1.165, 1.54) is 44.9 Å². The van der Waals surface area contributed by atoms with Gasteiger partial charge >= 0.3 is 11.9 Å². The number of ketones is 2. The van der Waals surface area contributed by atoms with Gasteiger partial charge in [0.25, 0.3) is 0 Å². The molecule has 0 aliphatic rings. The lowest BCUT2D eigenvalue weighted by Gasteiger charge is -2.14. The lowest BCUT2D eigenvalue weighted by Crippen LogP contribution is -2.41. The predicted octanol–water partition coefficient (Wildman–Crippen LogP) is 7.32. The molecule has 0 heterocycles. The fourth-order valence-corrected chi connectivity index (χ4v) is 6.94. The molecule has 0 radical (unpaired) electrons. The Morgan fingerprint density at radius 1 is 0.485 bits per heavy atom. The summed E-state index contributed by atoms with van der Waals surface area (Å²) in [6, 6.07) is -1.01. The van der Waals surface area contributed by atoms with Crippen molar-refractivity contribution in [2.24, 2.45) is 5.92 Å². The van der Waals surface area contributed by atoms with Gasteiger partial charge in [0.2, 0.25) is 17.7 Å². The molecule has 7 N–H and O–H groups in total. The van der Waals surface area contributed by atoms with E-state index in [1.807, 2.05) is 20.8 Å². The van der Waals surface area contributed by atoms with E-state index >= 15 is 0 Å². The summed E-state index contributed by atoms with van der Waals surface area (Å²) in [5.74, 6) is -1.85. The first-order chi connectivity index (χ1) is 31.4. The maximum atomic E-state index is 12.1. The molecule has 0 rings (SSSR count). The summed E-state index contributed by atoms with van der Waals surface area (Å²) in [6.07, 6.45) is 22.7. The van der Waals surface area contributed by atoms with Crippen LogP contribution in [-0.4, -0.2) is 129 Å². The molecule has 0 spiro atoms. The van der Waals surface area contributed by atoms with Gasteiger partial charge in [-0.15, -0.1) is 0 Å². The van der Waals surface area contributed by atoms with Crippen LogP contribution in [0, 0.1) is 5.92 Å². The van der Waals surface area contributed by atoms with E-state index in [1.54, 1.807) is 0 Å². The highest BCUT2D eigenvalue weighted by molar-refractivity contribution is 5.85. The first-order valence-corrected chi connectivity index (χ1v) is 25.0. The largest absolute Gasteiger partial charge is 0.481 e. The Balaban J connectivity index is -0.000000588. The van der Waals surface area contributed by atoms with Crippen LogP contribution in [0.3, 0.4) is 0 Å². The van der Waals surface area contributed by atoms with Crippen molar-refractivity contribution >= 4 is 41.2 Å². The normalized spacial score (nSPS) is 11.6. The Labute approximate surface area is 398 Å². The number of carboxylic acid groups (broad SMARTS) is 2. The number of aliphatic carboxylic acids is 2. The number of nitrogens with one attached hydrogen (secondary N) is 3. The highest BCUT2D eigenvalue weighted by Gasteiger charge is 2.21. The second-order valence-electron chi connectivity index (χ2n) is 16.5. The first-order valence-electron chi connectivity index (χ1n) is 25.0. The topological polar surface area (TPSA) is 264 Å². The van der Waals surface area contributed by atoms with Gasteiger partial charge in [-0.25, -0.2) is 4.79 Å². The van der Waals surface area contributed by atoms with Crippen LogP contribution in [0.1, 0.15) is 196 Å². The lowest BCUT2D eigenvalue weighted by molar-refractivity contribution is -0.142. The standard InChI is InChI=1S/C28H51NO7.C21H40N2O6.H2O.H2/c1-2-36-23-17-18-24(30)21-22-25(28(34)35)29-26(31)19-15-13-11-9-7-5-3-4-6-8-10-12-14-16-20-27(32)33;1-4-9-18(19(24)5-2)10-7-8-11-22-21(26)17-29-15-14-28-13-12-23-20(25)16-27-6-3;;/h25H,2-23H2,1H3,(H,29,31)(H,32,33)(H,34,35);18H,4-17H2,1-3H3,(H,22,26)(H,23,25);1H2;1H/t25-;18-;;/m00../s1. The fraction of sp³-hybridized carbons (Fsp3) is 0.857. The van der Waals surface area contributed by atoms with Gasteiger partial charge in [-0.05, 0) is 58.8 Å². The highest BCUT2D eigenvalue weighted by atomic mass is 16.5. The van der Waals surface area contributed by atoms with E-state index in [0.717, 1.165) is 77.0 Å². The molecule has 3 amide bonds. The zero-order valence-corrected chi connectivity index (χ0v) is 41.5. The van der Waals surface area contributed by atoms with E-state index < -0.39 is 18.0 Å². The predicted molar refractivity (Wildman–Crippen MR) is 258 cm³/mol. The van der Waals surface area contributed by atoms with E-state index in [0.29, 0.717) is 84.2 Å². The maximum Gasteiger partial charge on any atom is 0.326 e. The van der Waals surface area contributed by atoms with Crippen LogP contribution in [0.2, 0.25) is 0 Å². The van der Waals surface area contributed by atoms with E-state index in [9.17, 15) is 38.7 Å². The van der Waals surface area contributed by atoms with Crippen molar-refractivity contribution in [3.8, 4) is 0 Å². The number of carbonyl (C=O) groups excluding carboxylic acids is 5. The van der Waals surface area contributed by atoms with Crippen molar-refractivity contribution in [3.63, 3.8) is 0 Å². The Hall–Kier alpha value is -3.51. The molecule has 0 bridgehead atoms. The van der Waals surface area contributed by atoms with E-state index in [2.05, 4.69) is 22.9 Å². The number of ether oxygens (including phenoxy) is 4. The van der Waals surface area contributed by atoms with Crippen LogP contribution in [0.15, 0.2) is 0 Å². The molecule has 66 heavy (non-hydrogen) atoms. The van der Waals surface area contributed by atoms with Crippen LogP contribution in [0.25, 0.3) is 0 Å². The van der Waals surface area contributed by atoms with Crippen molar-refractivity contribution in [2.45, 2.75) is 201 Å². The molecule has 0 aromatic rings. The number of rotatable bonds is 47. The summed E-state index contributed by atoms with van der Waals surface area (Å²) in [4.78, 5) is 80.7. The van der Waals surface area contributed by atoms with Crippen molar-refractivity contribution < 1.29 is 69.6 Å². The SMILES string of the molecule is CCC[C@@H](CCCCNC(=O)COCCOCCNC(=O)COCC)C(=O)CC.CCOCCCC(=O)CC[C@H](NC(=O)CCCCCCCCCCCCCCCCC(=O)O)C(=O)O.O.[HH]. The van der Waals surface area contributed by atoms with E-state index in [-0.39, 0.29) is 68.8 Å². The number of hydrogen-bond acceptors (Lipinski definition) is 11. The molecule has 17 nitrogen and oxygen atoms in total. The molecule has 0 saturated heterocycles. The lowest BCUT2D eigenvalue weighted by atomic mass is 9.91. The molecule has 2 atom stereocenters. The zero-order valence-electron chi connectivity index (χ0n) is 41.5. The Bertz CT molecular complexity index is 1230. The molecule has 0 aromatic carbocycles. The minimum absolute atomic E-state index is 0. The Morgan fingerprint density at radius 2 is 1.02 bits per heavy atom. The monoisotopic (exact) mass is 950 g/mol. The summed E-state index contributed by atoms with van der Waals surface area (Å²) in [5, 5.41) is 26.0. The number of amides is 3. The van der Waals surface area contributed by atoms with E-state index in [4.69, 9.17) is 24.1 Å². The molecule has 0 aliphatic carbocycles. The molecule has 0 aliphatic heterocycles. The number of Topliss-reactive ketones (excluding diaryl/α,β-unsaturated/α-hetero) is 2. The van der Waals surface area contributed by atoms with Crippen LogP contribution < -0.4 is 16.0 Å². The van der Waals surface area contributed by atoms with Crippen LogP contribution in [0.4, 0.5) is 0 Å². The quantitative estimate of drug-likeness (QED) is 0.0375. The molecule has 0 aromatic heterocycles. The maximum absolute atomic E-state index is 12.1. The van der Waals surface area contributed by atoms with Crippen molar-refractivity contribution in [1.29, 1.82) is 0 Å². The van der Waals surface area contributed by atoms with Crippen LogP contribution in [-0.2, 0) is 52.5 Å². The number of carboxylic acids is 2. The van der Waals surface area contributed by atoms with Crippen LogP contribution >= 0.6 is 0 Å². The van der Waals surface area contributed by atoms with Crippen molar-refractivity contribution in [2.75, 3.05) is 65.9 Å². The fourth-order valence-electron chi connectivity index (χ4n) is 6.94. The summed E-state index contributed by atoms with van der Waals surface area (Å²) in [7, 11) is 0. The summed E-state index contributed by atoms with van der Waals surface area (Å²) >= 11 is 0. The molecular formula is C49H95N3O14. The molecular weight excluding hydrogens is 855 g/mol. The number of carbonyl (C=O) groups is 7. The molecule has 390 valence electrons. The van der Waals surface area contributed by atoms with Crippen LogP contribution in [0.5, 0.6) is 0 Å². The van der Waals surface area contributed by atoms with Gasteiger partial charge in [-0.2, -0.15) is 0 Å². The van der Waals surface area contributed by atoms with Gasteiger partial charge in [0.05, 0.1) is 19.8 Å². The number of unbranched alkanes of at least 4 members (excludes halogenated alkanes) is 14. The zero-order chi connectivity index (χ0) is 48.6. The molecule has 17 heteroatoms. The average Bonchev–Trinajstić information content (AvgIpc) is 3.28. The Morgan fingerprint density at radius 3 is 1.55 bits per heavy atom. The smallest absolute Gasteiger partial charge is 0.326 e. The number of hydrogen-bond donors (Lipinski definition) is 5. The highest BCUT2D eigenvalue weighted by Crippen LogP contribution is 2.18. The van der Waals surface area contributed by atoms with Gasteiger partial charge in [0.15, 0.2) is 0 Å². The third kappa shape index (κ3) is 48.4. The first kappa shape index (κ1) is 66.8. The van der Waals surface area contributed by atoms with Gasteiger partial charge in [0.1, 0.15) is 30.8 Å². The third-order valence-corrected chi connectivity index (χ3v) is 10.7. The molecule has 0 unspecified atom stereocenters. The van der Waals surface area contributed by atoms with Gasteiger partial charge in [-0.1, -0.05) is 104 Å². The minimum atomic E-state index is -1.10. The molecule has 0 fully saturated rings. The summed E-state index contributed by atoms with van der Waals surface area (Å²) in [5.41, 5.74) is 0. The van der Waals surface area contributed by atoms with Crippen molar-refractivity contribution in [3.05, 3.63) is 0 Å². The summed E-state index contributed by atoms with van der Waals surface area (Å²) in [6.45, 7) is 11.5. The van der Waals surface area contributed by atoms with Crippen molar-refractivity contribution in [1.82, 2.24) is 16.0 Å². The average molecular weight is 950 g/mol. The molecule has 0 saturated carbocycles. The second-order valence-corrected chi connectivity index (χ2v) is 16.5. The third-order valence-electron chi connectivity index (χ3n) is 10.7. The summed E-state index contributed by atoms with van der Waals surface area (Å²) < 4.78 is 20.7.